The minimum atomic E-state index is -0.417. The number of hydrogen-bond donors (Lipinski definition) is 0. The van der Waals surface area contributed by atoms with Crippen LogP contribution in [0.5, 0.6) is 0 Å². The molecule has 0 fully saturated rings. The number of esters is 2. The van der Waals surface area contributed by atoms with E-state index >= 15 is 0 Å². The fourth-order valence-corrected chi connectivity index (χ4v) is 1.27. The maximum absolute atomic E-state index is 11.5. The third kappa shape index (κ3) is 11.5. The van der Waals surface area contributed by atoms with Crippen LogP contribution in [-0.2, 0) is 19.1 Å². The molecular formula is C15H26O4. The van der Waals surface area contributed by atoms with E-state index in [1.807, 2.05) is 32.9 Å². The Kier molecular flexibility index (Phi) is 8.92. The van der Waals surface area contributed by atoms with Gasteiger partial charge in [0.2, 0.25) is 0 Å². The van der Waals surface area contributed by atoms with Crippen molar-refractivity contribution >= 4 is 11.9 Å². The van der Waals surface area contributed by atoms with Crippen LogP contribution in [0.2, 0.25) is 0 Å². The van der Waals surface area contributed by atoms with Gasteiger partial charge in [-0.15, -0.1) is 0 Å². The van der Waals surface area contributed by atoms with Crippen LogP contribution in [-0.4, -0.2) is 25.2 Å². The van der Waals surface area contributed by atoms with Crippen LogP contribution in [0, 0.1) is 5.41 Å². The van der Waals surface area contributed by atoms with E-state index in [9.17, 15) is 9.59 Å². The van der Waals surface area contributed by atoms with Gasteiger partial charge in [-0.05, 0) is 46.5 Å². The summed E-state index contributed by atoms with van der Waals surface area (Å²) < 4.78 is 9.93. The normalized spacial score (nSPS) is 11.6. The number of rotatable bonds is 8. The van der Waals surface area contributed by atoms with E-state index in [0.29, 0.717) is 13.2 Å². The standard InChI is InChI=1S/C15H26O4/c1-13(16)18-11-9-7-5-6-8-10-12-19-14(17)15(2,3)4/h7,9H,5-6,8,10-12H2,1-4H3/b9-7+. The molecule has 0 saturated carbocycles. The third-order valence-corrected chi connectivity index (χ3v) is 2.41. The number of hydrogen-bond acceptors (Lipinski definition) is 4. The van der Waals surface area contributed by atoms with Crippen molar-refractivity contribution in [1.29, 1.82) is 0 Å². The highest BCUT2D eigenvalue weighted by Crippen LogP contribution is 2.15. The highest BCUT2D eigenvalue weighted by molar-refractivity contribution is 5.75. The molecule has 0 aromatic rings. The summed E-state index contributed by atoms with van der Waals surface area (Å²) >= 11 is 0. The van der Waals surface area contributed by atoms with E-state index in [-0.39, 0.29) is 11.9 Å². The molecule has 0 rings (SSSR count). The zero-order valence-corrected chi connectivity index (χ0v) is 12.5. The zero-order valence-electron chi connectivity index (χ0n) is 12.5. The van der Waals surface area contributed by atoms with Crippen LogP contribution in [0.4, 0.5) is 0 Å². The van der Waals surface area contributed by atoms with E-state index in [4.69, 9.17) is 9.47 Å². The Labute approximate surface area is 116 Å². The van der Waals surface area contributed by atoms with Gasteiger partial charge >= 0.3 is 11.9 Å². The molecule has 4 heteroatoms. The first kappa shape index (κ1) is 17.7. The molecule has 0 N–H and O–H groups in total. The highest BCUT2D eigenvalue weighted by atomic mass is 16.5. The van der Waals surface area contributed by atoms with Gasteiger partial charge in [0, 0.05) is 6.92 Å². The lowest BCUT2D eigenvalue weighted by atomic mass is 9.97. The van der Waals surface area contributed by atoms with Gasteiger partial charge in [0.1, 0.15) is 6.61 Å². The topological polar surface area (TPSA) is 52.6 Å². The molecule has 0 amide bonds. The molecule has 0 aromatic heterocycles. The lowest BCUT2D eigenvalue weighted by Gasteiger charge is -2.16. The lowest BCUT2D eigenvalue weighted by molar-refractivity contribution is -0.153. The zero-order chi connectivity index (χ0) is 14.7. The average molecular weight is 270 g/mol. The van der Waals surface area contributed by atoms with Gasteiger partial charge in [-0.25, -0.2) is 0 Å². The van der Waals surface area contributed by atoms with E-state index in [1.54, 1.807) is 0 Å². The van der Waals surface area contributed by atoms with Gasteiger partial charge in [0.25, 0.3) is 0 Å². The second-order valence-electron chi connectivity index (χ2n) is 5.51. The number of allylic oxidation sites excluding steroid dienone is 1. The van der Waals surface area contributed by atoms with Crippen LogP contribution in [0.15, 0.2) is 12.2 Å². The molecule has 0 aliphatic heterocycles. The predicted molar refractivity (Wildman–Crippen MR) is 74.7 cm³/mol. The summed E-state index contributed by atoms with van der Waals surface area (Å²) in [6, 6.07) is 0. The van der Waals surface area contributed by atoms with Crippen LogP contribution in [0.3, 0.4) is 0 Å². The number of unbranched alkanes of at least 4 members (excludes halogenated alkanes) is 3. The monoisotopic (exact) mass is 270 g/mol. The van der Waals surface area contributed by atoms with E-state index < -0.39 is 5.41 Å². The molecule has 0 heterocycles. The third-order valence-electron chi connectivity index (χ3n) is 2.41. The Morgan fingerprint density at radius 3 is 2.26 bits per heavy atom. The first-order chi connectivity index (χ1) is 8.84. The summed E-state index contributed by atoms with van der Waals surface area (Å²) in [7, 11) is 0. The smallest absolute Gasteiger partial charge is 0.311 e. The molecule has 110 valence electrons. The van der Waals surface area contributed by atoms with Crippen molar-refractivity contribution < 1.29 is 19.1 Å². The van der Waals surface area contributed by atoms with Crippen LogP contribution < -0.4 is 0 Å². The predicted octanol–water partition coefficient (Wildman–Crippen LogP) is 3.26. The second kappa shape index (κ2) is 9.59. The molecule has 0 atom stereocenters. The molecule has 0 aliphatic rings. The average Bonchev–Trinajstić information content (AvgIpc) is 2.29. The Balaban J connectivity index is 3.37. The first-order valence-corrected chi connectivity index (χ1v) is 6.79. The minimum absolute atomic E-state index is 0.145. The van der Waals surface area contributed by atoms with Gasteiger partial charge < -0.3 is 9.47 Å². The fourth-order valence-electron chi connectivity index (χ4n) is 1.27. The van der Waals surface area contributed by atoms with Crippen molar-refractivity contribution in [2.75, 3.05) is 13.2 Å². The quantitative estimate of drug-likeness (QED) is 0.386. The van der Waals surface area contributed by atoms with Crippen molar-refractivity contribution in [1.82, 2.24) is 0 Å². The van der Waals surface area contributed by atoms with Gasteiger partial charge in [-0.3, -0.25) is 9.59 Å². The van der Waals surface area contributed by atoms with Crippen LogP contribution in [0.25, 0.3) is 0 Å². The number of carbonyl (C=O) groups is 2. The molecule has 0 spiro atoms. The van der Waals surface area contributed by atoms with Crippen LogP contribution >= 0.6 is 0 Å². The Hall–Kier alpha value is -1.32. The van der Waals surface area contributed by atoms with Crippen molar-refractivity contribution in [3.05, 3.63) is 12.2 Å². The number of carbonyl (C=O) groups excluding carboxylic acids is 2. The summed E-state index contributed by atoms with van der Waals surface area (Å²) in [5.74, 6) is -0.404. The maximum atomic E-state index is 11.5. The largest absolute Gasteiger partial charge is 0.465 e. The number of ether oxygens (including phenoxy) is 2. The Morgan fingerprint density at radius 2 is 1.68 bits per heavy atom. The minimum Gasteiger partial charge on any atom is -0.465 e. The van der Waals surface area contributed by atoms with Gasteiger partial charge in [0.15, 0.2) is 0 Å². The second-order valence-corrected chi connectivity index (χ2v) is 5.51. The summed E-state index contributed by atoms with van der Waals surface area (Å²) in [5, 5.41) is 0. The fraction of sp³-hybridized carbons (Fsp3) is 0.733. The molecule has 0 radical (unpaired) electrons. The van der Waals surface area contributed by atoms with E-state index in [1.165, 1.54) is 6.92 Å². The van der Waals surface area contributed by atoms with E-state index in [0.717, 1.165) is 25.7 Å². The SMILES string of the molecule is CC(=O)OC/C=C/CCCCCOC(=O)C(C)(C)C. The van der Waals surface area contributed by atoms with E-state index in [2.05, 4.69) is 0 Å². The summed E-state index contributed by atoms with van der Waals surface area (Å²) in [4.78, 5) is 21.9. The summed E-state index contributed by atoms with van der Waals surface area (Å²) in [5.41, 5.74) is -0.417. The highest BCUT2D eigenvalue weighted by Gasteiger charge is 2.22. The van der Waals surface area contributed by atoms with Gasteiger partial charge in [0.05, 0.1) is 12.0 Å². The Bertz CT molecular complexity index is 300. The van der Waals surface area contributed by atoms with Crippen LogP contribution in [0.1, 0.15) is 53.4 Å². The molecular weight excluding hydrogens is 244 g/mol. The Morgan fingerprint density at radius 1 is 1.00 bits per heavy atom. The lowest BCUT2D eigenvalue weighted by Crippen LogP contribution is -2.23. The molecule has 0 aliphatic carbocycles. The van der Waals surface area contributed by atoms with Gasteiger partial charge in [-0.1, -0.05) is 12.2 Å². The summed E-state index contributed by atoms with van der Waals surface area (Å²) in [6.07, 6.45) is 7.76. The molecule has 19 heavy (non-hydrogen) atoms. The molecule has 0 bridgehead atoms. The van der Waals surface area contributed by atoms with Crippen molar-refractivity contribution in [3.8, 4) is 0 Å². The van der Waals surface area contributed by atoms with Crippen molar-refractivity contribution in [2.24, 2.45) is 5.41 Å². The summed E-state index contributed by atoms with van der Waals surface area (Å²) in [6.45, 7) is 7.79. The molecule has 0 unspecified atom stereocenters. The maximum Gasteiger partial charge on any atom is 0.311 e. The van der Waals surface area contributed by atoms with Gasteiger partial charge in [-0.2, -0.15) is 0 Å². The first-order valence-electron chi connectivity index (χ1n) is 6.79. The molecule has 4 nitrogen and oxygen atoms in total. The van der Waals surface area contributed by atoms with Crippen molar-refractivity contribution in [3.63, 3.8) is 0 Å². The molecule has 0 aromatic carbocycles. The van der Waals surface area contributed by atoms with Crippen molar-refractivity contribution in [2.45, 2.75) is 53.4 Å². The molecule has 0 saturated heterocycles.